The van der Waals surface area contributed by atoms with Gasteiger partial charge in [-0.15, -0.1) is 0 Å². The molecule has 0 spiro atoms. The third-order valence-corrected chi connectivity index (χ3v) is 5.34. The highest BCUT2D eigenvalue weighted by molar-refractivity contribution is 5.77. The molecule has 2 aromatic heterocycles. The Morgan fingerprint density at radius 3 is 2.74 bits per heavy atom. The van der Waals surface area contributed by atoms with Crippen LogP contribution in [0.3, 0.4) is 0 Å². The number of hydrogen-bond acceptors (Lipinski definition) is 4. The Morgan fingerprint density at radius 2 is 1.90 bits per heavy atom. The number of carbonyl (C=O) groups excluding carboxylic acids is 2. The normalized spacial score (nSPS) is 12.8. The molecule has 0 unspecified atom stereocenters. The van der Waals surface area contributed by atoms with Gasteiger partial charge in [-0.3, -0.25) is 4.79 Å². The van der Waals surface area contributed by atoms with Crippen LogP contribution < -0.4 is 10.6 Å². The van der Waals surface area contributed by atoms with Crippen LogP contribution in [-0.2, 0) is 24.3 Å². The lowest BCUT2D eigenvalue weighted by Gasteiger charge is -2.29. The first-order chi connectivity index (χ1) is 15.2. The predicted molar refractivity (Wildman–Crippen MR) is 116 cm³/mol. The van der Waals surface area contributed by atoms with Gasteiger partial charge < -0.3 is 15.5 Å². The fourth-order valence-electron chi connectivity index (χ4n) is 3.65. The van der Waals surface area contributed by atoms with Crippen LogP contribution in [0.2, 0.25) is 0 Å². The molecule has 1 aliphatic rings. The first-order valence-electron chi connectivity index (χ1n) is 10.5. The second-order valence-corrected chi connectivity index (χ2v) is 7.52. The van der Waals surface area contributed by atoms with Crippen LogP contribution >= 0.6 is 0 Å². The number of urea groups is 1. The summed E-state index contributed by atoms with van der Waals surface area (Å²) in [5.74, 6) is 0.836. The molecule has 31 heavy (non-hydrogen) atoms. The average Bonchev–Trinajstić information content (AvgIpc) is 3.35. The van der Waals surface area contributed by atoms with E-state index in [9.17, 15) is 9.59 Å². The van der Waals surface area contributed by atoms with Crippen molar-refractivity contribution < 1.29 is 9.59 Å². The topological polar surface area (TPSA) is 92.2 Å². The fraction of sp³-hybridized carbons (Fsp3) is 0.304. The molecule has 1 aliphatic heterocycles. The number of nitrogens with zero attached hydrogens (tertiary/aromatic N) is 4. The first-order valence-corrected chi connectivity index (χ1v) is 10.5. The number of benzene rings is 1. The average molecular weight is 419 g/mol. The van der Waals surface area contributed by atoms with Gasteiger partial charge in [0.2, 0.25) is 5.91 Å². The van der Waals surface area contributed by atoms with Crippen LogP contribution in [0.4, 0.5) is 4.79 Å². The molecule has 0 aliphatic carbocycles. The molecule has 2 N–H and O–H groups in total. The van der Waals surface area contributed by atoms with Crippen molar-refractivity contribution in [2.75, 3.05) is 13.1 Å². The number of nitrogens with one attached hydrogen (secondary N) is 2. The summed E-state index contributed by atoms with van der Waals surface area (Å²) in [6.45, 7) is 2.28. The summed E-state index contributed by atoms with van der Waals surface area (Å²) in [7, 11) is 0. The maximum Gasteiger partial charge on any atom is 0.315 e. The molecule has 160 valence electrons. The number of carbonyl (C=O) groups is 2. The van der Waals surface area contributed by atoms with Gasteiger partial charge in [0.05, 0.1) is 0 Å². The Morgan fingerprint density at radius 1 is 1.03 bits per heavy atom. The molecular formula is C23H26N6O2. The molecule has 0 fully saturated rings. The largest absolute Gasteiger partial charge is 0.338 e. The van der Waals surface area contributed by atoms with E-state index in [1.807, 2.05) is 41.4 Å². The van der Waals surface area contributed by atoms with Gasteiger partial charge in [0.25, 0.3) is 0 Å². The van der Waals surface area contributed by atoms with E-state index >= 15 is 0 Å². The van der Waals surface area contributed by atoms with Crippen LogP contribution in [0.15, 0.2) is 61.1 Å². The monoisotopic (exact) mass is 418 g/mol. The first kappa shape index (κ1) is 20.6. The lowest BCUT2D eigenvalue weighted by molar-refractivity contribution is -0.132. The highest BCUT2D eigenvalue weighted by atomic mass is 16.2. The maximum absolute atomic E-state index is 12.5. The van der Waals surface area contributed by atoms with E-state index in [0.717, 1.165) is 18.5 Å². The molecule has 8 nitrogen and oxygen atoms in total. The highest BCUT2D eigenvalue weighted by Gasteiger charge is 2.19. The van der Waals surface area contributed by atoms with Crippen molar-refractivity contribution in [2.24, 2.45) is 0 Å². The van der Waals surface area contributed by atoms with Crippen molar-refractivity contribution in [1.82, 2.24) is 30.3 Å². The standard InChI is InChI=1S/C23H26N6O2/c30-22(28-14-9-19-5-1-2-6-20(19)17-28)7-3-10-25-23(31)26-16-18-8-12-24-21(15-18)29-13-4-11-27-29/h1-2,4-6,8,11-13,15H,3,7,9-10,14,16-17H2,(H2,25,26,31). The Hall–Kier alpha value is -3.68. The number of fused-ring (bicyclic) bond motifs is 1. The summed E-state index contributed by atoms with van der Waals surface area (Å²) >= 11 is 0. The third-order valence-electron chi connectivity index (χ3n) is 5.34. The van der Waals surface area contributed by atoms with E-state index in [2.05, 4.69) is 32.8 Å². The van der Waals surface area contributed by atoms with Gasteiger partial charge in [-0.05, 0) is 47.7 Å². The van der Waals surface area contributed by atoms with Gasteiger partial charge in [-0.1, -0.05) is 24.3 Å². The molecule has 3 aromatic rings. The number of amides is 3. The van der Waals surface area contributed by atoms with Crippen molar-refractivity contribution in [3.05, 3.63) is 77.7 Å². The summed E-state index contributed by atoms with van der Waals surface area (Å²) in [5, 5.41) is 9.80. The van der Waals surface area contributed by atoms with Gasteiger partial charge in [0.15, 0.2) is 5.82 Å². The minimum atomic E-state index is -0.253. The van der Waals surface area contributed by atoms with E-state index in [0.29, 0.717) is 38.3 Å². The van der Waals surface area contributed by atoms with Gasteiger partial charge in [0.1, 0.15) is 0 Å². The molecule has 4 rings (SSSR count). The summed E-state index contributed by atoms with van der Waals surface area (Å²) in [6.07, 6.45) is 7.14. The van der Waals surface area contributed by atoms with E-state index in [1.54, 1.807) is 17.1 Å². The number of rotatable bonds is 7. The van der Waals surface area contributed by atoms with Crippen molar-refractivity contribution in [1.29, 1.82) is 0 Å². The maximum atomic E-state index is 12.5. The fourth-order valence-corrected chi connectivity index (χ4v) is 3.65. The predicted octanol–water partition coefficient (Wildman–Crippen LogP) is 2.43. The van der Waals surface area contributed by atoms with Crippen LogP contribution in [0.5, 0.6) is 0 Å². The van der Waals surface area contributed by atoms with E-state index < -0.39 is 0 Å². The lowest BCUT2D eigenvalue weighted by Crippen LogP contribution is -2.37. The lowest BCUT2D eigenvalue weighted by atomic mass is 9.99. The van der Waals surface area contributed by atoms with E-state index in [-0.39, 0.29) is 11.9 Å². The molecule has 8 heteroatoms. The molecule has 1 aromatic carbocycles. The Bertz CT molecular complexity index is 1030. The van der Waals surface area contributed by atoms with Crippen molar-refractivity contribution in [3.63, 3.8) is 0 Å². The minimum absolute atomic E-state index is 0.139. The van der Waals surface area contributed by atoms with Gasteiger partial charge >= 0.3 is 6.03 Å². The number of aromatic nitrogens is 3. The molecule has 3 heterocycles. The van der Waals surface area contributed by atoms with E-state index in [4.69, 9.17) is 0 Å². The summed E-state index contributed by atoms with van der Waals surface area (Å²) in [6, 6.07) is 13.6. The zero-order chi connectivity index (χ0) is 21.5. The molecule has 0 saturated carbocycles. The summed E-state index contributed by atoms with van der Waals surface area (Å²) < 4.78 is 1.67. The molecule has 3 amide bonds. The van der Waals surface area contributed by atoms with Gasteiger partial charge in [-0.2, -0.15) is 5.10 Å². The van der Waals surface area contributed by atoms with E-state index in [1.165, 1.54) is 11.1 Å². The number of hydrogen-bond donors (Lipinski definition) is 2. The zero-order valence-corrected chi connectivity index (χ0v) is 17.3. The Balaban J connectivity index is 1.15. The smallest absolute Gasteiger partial charge is 0.315 e. The minimum Gasteiger partial charge on any atom is -0.338 e. The number of pyridine rings is 1. The van der Waals surface area contributed by atoms with Crippen molar-refractivity contribution >= 4 is 11.9 Å². The quantitative estimate of drug-likeness (QED) is 0.577. The van der Waals surface area contributed by atoms with Crippen LogP contribution in [0.25, 0.3) is 5.82 Å². The molecular weight excluding hydrogens is 392 g/mol. The zero-order valence-electron chi connectivity index (χ0n) is 17.3. The highest BCUT2D eigenvalue weighted by Crippen LogP contribution is 2.19. The Labute approximate surface area is 181 Å². The van der Waals surface area contributed by atoms with Crippen LogP contribution in [0.1, 0.15) is 29.5 Å². The van der Waals surface area contributed by atoms with Gasteiger partial charge in [0, 0.05) is 51.2 Å². The SMILES string of the molecule is O=C(NCCCC(=O)N1CCc2ccccc2C1)NCc1ccnc(-n2cccn2)c1. The molecule has 0 bridgehead atoms. The summed E-state index contributed by atoms with van der Waals surface area (Å²) in [4.78, 5) is 30.7. The second-order valence-electron chi connectivity index (χ2n) is 7.52. The van der Waals surface area contributed by atoms with Crippen LogP contribution in [-0.4, -0.2) is 44.7 Å². The third kappa shape index (κ3) is 5.48. The van der Waals surface area contributed by atoms with Crippen molar-refractivity contribution in [2.45, 2.75) is 32.4 Å². The van der Waals surface area contributed by atoms with Gasteiger partial charge in [-0.25, -0.2) is 14.5 Å². The Kier molecular flexibility index (Phi) is 6.56. The molecule has 0 atom stereocenters. The van der Waals surface area contributed by atoms with Crippen molar-refractivity contribution in [3.8, 4) is 5.82 Å². The second kappa shape index (κ2) is 9.88. The molecule has 0 radical (unpaired) electrons. The molecule has 0 saturated heterocycles. The van der Waals surface area contributed by atoms with Crippen LogP contribution in [0, 0.1) is 0 Å². The summed E-state index contributed by atoms with van der Waals surface area (Å²) in [5.41, 5.74) is 3.48.